The lowest BCUT2D eigenvalue weighted by molar-refractivity contribution is -0.118. The van der Waals surface area contributed by atoms with Crippen molar-refractivity contribution in [1.29, 1.82) is 0 Å². The van der Waals surface area contributed by atoms with Crippen molar-refractivity contribution in [2.45, 2.75) is 0 Å². The minimum atomic E-state index is -0.496. The van der Waals surface area contributed by atoms with Gasteiger partial charge in [0.05, 0.1) is 23.9 Å². The first-order chi connectivity index (χ1) is 11.6. The average molecular weight is 326 g/mol. The first-order valence-electron chi connectivity index (χ1n) is 7.14. The van der Waals surface area contributed by atoms with Crippen molar-refractivity contribution in [2.75, 3.05) is 24.4 Å². The molecule has 24 heavy (non-hydrogen) atoms. The van der Waals surface area contributed by atoms with E-state index in [0.29, 0.717) is 22.7 Å². The Kier molecular flexibility index (Phi) is 4.15. The lowest BCUT2D eigenvalue weighted by atomic mass is 10.1. The molecule has 1 aliphatic heterocycles. The van der Waals surface area contributed by atoms with Crippen LogP contribution in [0.15, 0.2) is 42.5 Å². The SMILES string of the molecule is COC(=O)c1cccc(NC(=O)c2cccc3c2NC(=O)CO3)c1. The van der Waals surface area contributed by atoms with Gasteiger partial charge >= 0.3 is 5.97 Å². The Balaban J connectivity index is 1.86. The number of para-hydroxylation sites is 1. The molecule has 0 spiro atoms. The number of methoxy groups -OCH3 is 1. The molecule has 0 saturated carbocycles. The Labute approximate surface area is 137 Å². The third-order valence-corrected chi connectivity index (χ3v) is 3.44. The van der Waals surface area contributed by atoms with Crippen LogP contribution >= 0.6 is 0 Å². The second-order valence-corrected chi connectivity index (χ2v) is 5.04. The van der Waals surface area contributed by atoms with Gasteiger partial charge in [0.1, 0.15) is 5.75 Å². The highest BCUT2D eigenvalue weighted by Crippen LogP contribution is 2.31. The number of carbonyl (C=O) groups is 3. The molecule has 1 heterocycles. The first kappa shape index (κ1) is 15.5. The maximum Gasteiger partial charge on any atom is 0.337 e. The fraction of sp³-hybridized carbons (Fsp3) is 0.118. The monoisotopic (exact) mass is 326 g/mol. The van der Waals surface area contributed by atoms with Crippen LogP contribution < -0.4 is 15.4 Å². The van der Waals surface area contributed by atoms with Gasteiger partial charge in [-0.2, -0.15) is 0 Å². The molecular formula is C17H14N2O5. The molecule has 122 valence electrons. The van der Waals surface area contributed by atoms with Gasteiger partial charge in [-0.3, -0.25) is 9.59 Å². The number of ether oxygens (including phenoxy) is 2. The highest BCUT2D eigenvalue weighted by Gasteiger charge is 2.22. The topological polar surface area (TPSA) is 93.7 Å². The number of anilines is 2. The summed E-state index contributed by atoms with van der Waals surface area (Å²) in [6.45, 7) is -0.0841. The van der Waals surface area contributed by atoms with E-state index < -0.39 is 11.9 Å². The van der Waals surface area contributed by atoms with Crippen molar-refractivity contribution in [3.63, 3.8) is 0 Å². The van der Waals surface area contributed by atoms with E-state index in [1.807, 2.05) is 0 Å². The van der Waals surface area contributed by atoms with Gasteiger partial charge in [-0.25, -0.2) is 4.79 Å². The van der Waals surface area contributed by atoms with Crippen LogP contribution in [0, 0.1) is 0 Å². The fourth-order valence-corrected chi connectivity index (χ4v) is 2.33. The van der Waals surface area contributed by atoms with Crippen LogP contribution in [0.4, 0.5) is 11.4 Å². The fourth-order valence-electron chi connectivity index (χ4n) is 2.33. The molecule has 0 fully saturated rings. The highest BCUT2D eigenvalue weighted by molar-refractivity contribution is 6.12. The van der Waals surface area contributed by atoms with E-state index in [4.69, 9.17) is 4.74 Å². The zero-order valence-corrected chi connectivity index (χ0v) is 12.8. The van der Waals surface area contributed by atoms with Crippen molar-refractivity contribution in [1.82, 2.24) is 0 Å². The molecule has 0 radical (unpaired) electrons. The van der Waals surface area contributed by atoms with Crippen molar-refractivity contribution in [2.24, 2.45) is 0 Å². The number of carbonyl (C=O) groups excluding carboxylic acids is 3. The summed E-state index contributed by atoms with van der Waals surface area (Å²) in [5, 5.41) is 5.32. The maximum absolute atomic E-state index is 12.5. The summed E-state index contributed by atoms with van der Waals surface area (Å²) in [6.07, 6.45) is 0. The molecule has 0 saturated heterocycles. The van der Waals surface area contributed by atoms with Crippen molar-refractivity contribution in [3.05, 3.63) is 53.6 Å². The number of nitrogens with one attached hydrogen (secondary N) is 2. The summed E-state index contributed by atoms with van der Waals surface area (Å²) in [5.74, 6) is -0.815. The average Bonchev–Trinajstić information content (AvgIpc) is 2.60. The van der Waals surface area contributed by atoms with E-state index in [-0.39, 0.29) is 18.1 Å². The zero-order valence-electron chi connectivity index (χ0n) is 12.8. The number of hydrogen-bond acceptors (Lipinski definition) is 5. The van der Waals surface area contributed by atoms with Crippen LogP contribution in [0.1, 0.15) is 20.7 Å². The Hall–Kier alpha value is -3.35. The molecule has 2 amide bonds. The molecule has 0 aromatic heterocycles. The lowest BCUT2D eigenvalue weighted by Gasteiger charge is -2.20. The smallest absolute Gasteiger partial charge is 0.337 e. The number of esters is 1. The van der Waals surface area contributed by atoms with Gasteiger partial charge in [0.25, 0.3) is 11.8 Å². The van der Waals surface area contributed by atoms with Crippen molar-refractivity contribution >= 4 is 29.2 Å². The minimum absolute atomic E-state index is 0.0841. The maximum atomic E-state index is 12.5. The molecule has 2 aromatic rings. The molecule has 2 N–H and O–H groups in total. The first-order valence-corrected chi connectivity index (χ1v) is 7.14. The van der Waals surface area contributed by atoms with E-state index in [9.17, 15) is 14.4 Å². The van der Waals surface area contributed by atoms with Crippen LogP contribution in [0.25, 0.3) is 0 Å². The number of fused-ring (bicyclic) bond motifs is 1. The van der Waals surface area contributed by atoms with Gasteiger partial charge in [-0.15, -0.1) is 0 Å². The van der Waals surface area contributed by atoms with E-state index in [0.717, 1.165) is 0 Å². The van der Waals surface area contributed by atoms with Gasteiger partial charge < -0.3 is 20.1 Å². The van der Waals surface area contributed by atoms with Gasteiger partial charge in [0.15, 0.2) is 6.61 Å². The second-order valence-electron chi connectivity index (χ2n) is 5.04. The quantitative estimate of drug-likeness (QED) is 0.842. The van der Waals surface area contributed by atoms with Crippen LogP contribution in [-0.2, 0) is 9.53 Å². The number of rotatable bonds is 3. The number of benzene rings is 2. The van der Waals surface area contributed by atoms with Gasteiger partial charge in [-0.1, -0.05) is 12.1 Å². The summed E-state index contributed by atoms with van der Waals surface area (Å²) in [5.41, 5.74) is 1.35. The van der Waals surface area contributed by atoms with Crippen molar-refractivity contribution in [3.8, 4) is 5.75 Å². The van der Waals surface area contributed by atoms with E-state index >= 15 is 0 Å². The predicted molar refractivity (Wildman–Crippen MR) is 86.3 cm³/mol. The molecule has 3 rings (SSSR count). The largest absolute Gasteiger partial charge is 0.482 e. The Morgan fingerprint density at radius 1 is 1.21 bits per heavy atom. The molecule has 0 atom stereocenters. The predicted octanol–water partition coefficient (Wildman–Crippen LogP) is 2.06. The molecule has 2 aromatic carbocycles. The normalized spacial score (nSPS) is 12.5. The van der Waals surface area contributed by atoms with Crippen LogP contribution in [-0.4, -0.2) is 31.5 Å². The molecule has 7 heteroatoms. The van der Waals surface area contributed by atoms with Gasteiger partial charge in [0, 0.05) is 5.69 Å². The van der Waals surface area contributed by atoms with Crippen LogP contribution in [0.2, 0.25) is 0 Å². The molecular weight excluding hydrogens is 312 g/mol. The zero-order chi connectivity index (χ0) is 17.1. The minimum Gasteiger partial charge on any atom is -0.482 e. The number of amides is 2. The highest BCUT2D eigenvalue weighted by atomic mass is 16.5. The van der Waals surface area contributed by atoms with E-state index in [1.165, 1.54) is 13.2 Å². The summed E-state index contributed by atoms with van der Waals surface area (Å²) >= 11 is 0. The van der Waals surface area contributed by atoms with Crippen LogP contribution in [0.5, 0.6) is 5.75 Å². The summed E-state index contributed by atoms with van der Waals surface area (Å²) in [4.78, 5) is 35.6. The Morgan fingerprint density at radius 2 is 2.00 bits per heavy atom. The third-order valence-electron chi connectivity index (χ3n) is 3.44. The molecule has 0 aliphatic carbocycles. The molecule has 1 aliphatic rings. The number of hydrogen-bond donors (Lipinski definition) is 2. The van der Waals surface area contributed by atoms with E-state index in [1.54, 1.807) is 36.4 Å². The standard InChI is InChI=1S/C17H14N2O5/c1-23-17(22)10-4-2-5-11(8-10)18-16(21)12-6-3-7-13-15(12)19-14(20)9-24-13/h2-8H,9H2,1H3,(H,18,21)(H,19,20). The van der Waals surface area contributed by atoms with E-state index in [2.05, 4.69) is 15.4 Å². The van der Waals surface area contributed by atoms with Crippen LogP contribution in [0.3, 0.4) is 0 Å². The van der Waals surface area contributed by atoms with Gasteiger partial charge in [-0.05, 0) is 30.3 Å². The summed E-state index contributed by atoms with van der Waals surface area (Å²) in [7, 11) is 1.28. The lowest BCUT2D eigenvalue weighted by Crippen LogP contribution is -2.27. The molecule has 7 nitrogen and oxygen atoms in total. The van der Waals surface area contributed by atoms with Crippen molar-refractivity contribution < 1.29 is 23.9 Å². The molecule has 0 bridgehead atoms. The Bertz CT molecular complexity index is 831. The summed E-state index contributed by atoms with van der Waals surface area (Å²) in [6, 6.07) is 11.3. The van der Waals surface area contributed by atoms with Gasteiger partial charge in [0.2, 0.25) is 0 Å². The molecule has 0 unspecified atom stereocenters. The second kappa shape index (κ2) is 6.41. The Morgan fingerprint density at radius 3 is 2.79 bits per heavy atom. The third kappa shape index (κ3) is 3.05. The summed E-state index contributed by atoms with van der Waals surface area (Å²) < 4.78 is 9.94.